The second-order valence-corrected chi connectivity index (χ2v) is 6.12. The summed E-state index contributed by atoms with van der Waals surface area (Å²) in [5.41, 5.74) is 9.58. The molecule has 0 radical (unpaired) electrons. The summed E-state index contributed by atoms with van der Waals surface area (Å²) in [6, 6.07) is 14.3. The second-order valence-electron chi connectivity index (χ2n) is 5.20. The van der Waals surface area contributed by atoms with Crippen LogP contribution in [0.2, 0.25) is 0 Å². The van der Waals surface area contributed by atoms with Gasteiger partial charge in [-0.15, -0.1) is 0 Å². The fraction of sp³-hybridized carbons (Fsp3) is 0.294. The highest BCUT2D eigenvalue weighted by Crippen LogP contribution is 2.29. The third-order valence-corrected chi connectivity index (χ3v) is 3.94. The van der Waals surface area contributed by atoms with Gasteiger partial charge in [0, 0.05) is 29.8 Å². The van der Waals surface area contributed by atoms with Gasteiger partial charge in [0.05, 0.1) is 7.11 Å². The standard InChI is InChI=1S/C17H21BrN2O/c1-12(19)16-10-14(18)7-8-17(16)20(2)11-13-5-4-6-15(9-13)21-3/h4-10,12H,11,19H2,1-3H3. The second kappa shape index (κ2) is 6.96. The molecule has 3 nitrogen and oxygen atoms in total. The van der Waals surface area contributed by atoms with Crippen molar-refractivity contribution in [3.05, 3.63) is 58.1 Å². The Labute approximate surface area is 134 Å². The minimum Gasteiger partial charge on any atom is -0.497 e. The van der Waals surface area contributed by atoms with Gasteiger partial charge in [0.1, 0.15) is 5.75 Å². The predicted molar refractivity (Wildman–Crippen MR) is 91.8 cm³/mol. The summed E-state index contributed by atoms with van der Waals surface area (Å²) < 4.78 is 6.32. The number of benzene rings is 2. The van der Waals surface area contributed by atoms with Gasteiger partial charge in [-0.2, -0.15) is 0 Å². The lowest BCUT2D eigenvalue weighted by molar-refractivity contribution is 0.414. The summed E-state index contributed by atoms with van der Waals surface area (Å²) in [7, 11) is 3.76. The first-order valence-electron chi connectivity index (χ1n) is 6.90. The van der Waals surface area contributed by atoms with Gasteiger partial charge in [0.25, 0.3) is 0 Å². The molecule has 0 bridgehead atoms. The summed E-state index contributed by atoms with van der Waals surface area (Å²) in [5.74, 6) is 0.879. The Morgan fingerprint density at radius 1 is 1.24 bits per heavy atom. The first-order chi connectivity index (χ1) is 10.0. The first-order valence-corrected chi connectivity index (χ1v) is 7.69. The molecule has 0 aromatic heterocycles. The number of hydrogen-bond acceptors (Lipinski definition) is 3. The van der Waals surface area contributed by atoms with Crippen LogP contribution >= 0.6 is 15.9 Å². The van der Waals surface area contributed by atoms with Gasteiger partial charge in [-0.1, -0.05) is 28.1 Å². The van der Waals surface area contributed by atoms with E-state index in [4.69, 9.17) is 10.5 Å². The Bertz CT molecular complexity index is 613. The molecule has 0 saturated heterocycles. The molecule has 0 amide bonds. The Balaban J connectivity index is 2.25. The Hall–Kier alpha value is -1.52. The van der Waals surface area contributed by atoms with E-state index >= 15 is 0 Å². The Morgan fingerprint density at radius 2 is 2.00 bits per heavy atom. The monoisotopic (exact) mass is 348 g/mol. The largest absolute Gasteiger partial charge is 0.497 e. The summed E-state index contributed by atoms with van der Waals surface area (Å²) in [4.78, 5) is 2.21. The third-order valence-electron chi connectivity index (χ3n) is 3.45. The number of rotatable bonds is 5. The number of halogens is 1. The van der Waals surface area contributed by atoms with Gasteiger partial charge in [0.2, 0.25) is 0 Å². The number of anilines is 1. The highest BCUT2D eigenvalue weighted by molar-refractivity contribution is 9.10. The molecule has 0 aliphatic rings. The van der Waals surface area contributed by atoms with E-state index < -0.39 is 0 Å². The van der Waals surface area contributed by atoms with Gasteiger partial charge < -0.3 is 15.4 Å². The highest BCUT2D eigenvalue weighted by atomic mass is 79.9. The topological polar surface area (TPSA) is 38.5 Å². The van der Waals surface area contributed by atoms with Crippen molar-refractivity contribution in [1.82, 2.24) is 0 Å². The lowest BCUT2D eigenvalue weighted by Gasteiger charge is -2.24. The zero-order chi connectivity index (χ0) is 15.4. The van der Waals surface area contributed by atoms with Gasteiger partial charge in [-0.05, 0) is 48.4 Å². The van der Waals surface area contributed by atoms with Crippen LogP contribution in [0.15, 0.2) is 46.9 Å². The number of hydrogen-bond donors (Lipinski definition) is 1. The molecule has 2 aromatic rings. The van der Waals surface area contributed by atoms with Crippen LogP contribution in [-0.4, -0.2) is 14.2 Å². The van der Waals surface area contributed by atoms with E-state index in [-0.39, 0.29) is 6.04 Å². The fourth-order valence-corrected chi connectivity index (χ4v) is 2.75. The van der Waals surface area contributed by atoms with Crippen molar-refractivity contribution in [2.75, 3.05) is 19.1 Å². The van der Waals surface area contributed by atoms with Crippen LogP contribution in [0.1, 0.15) is 24.1 Å². The molecule has 1 unspecified atom stereocenters. The van der Waals surface area contributed by atoms with Gasteiger partial charge >= 0.3 is 0 Å². The fourth-order valence-electron chi connectivity index (χ4n) is 2.37. The zero-order valence-corrected chi connectivity index (χ0v) is 14.2. The molecule has 2 aromatic carbocycles. The predicted octanol–water partition coefficient (Wildman–Crippen LogP) is 4.11. The molecule has 1 atom stereocenters. The van der Waals surface area contributed by atoms with Crippen LogP contribution in [0.5, 0.6) is 5.75 Å². The molecule has 0 aliphatic heterocycles. The van der Waals surface area contributed by atoms with Crippen LogP contribution in [0.25, 0.3) is 0 Å². The summed E-state index contributed by atoms with van der Waals surface area (Å²) in [5, 5.41) is 0. The summed E-state index contributed by atoms with van der Waals surface area (Å²) >= 11 is 3.51. The lowest BCUT2D eigenvalue weighted by atomic mass is 10.1. The molecule has 2 N–H and O–H groups in total. The molecular formula is C17H21BrN2O. The molecular weight excluding hydrogens is 328 g/mol. The minimum absolute atomic E-state index is 0.00902. The molecule has 21 heavy (non-hydrogen) atoms. The Morgan fingerprint density at radius 3 is 2.67 bits per heavy atom. The maximum Gasteiger partial charge on any atom is 0.119 e. The average Bonchev–Trinajstić information content (AvgIpc) is 2.47. The van der Waals surface area contributed by atoms with Crippen molar-refractivity contribution >= 4 is 21.6 Å². The van der Waals surface area contributed by atoms with E-state index in [1.807, 2.05) is 25.1 Å². The van der Waals surface area contributed by atoms with E-state index in [1.54, 1.807) is 7.11 Å². The Kier molecular flexibility index (Phi) is 5.26. The molecule has 2 rings (SSSR count). The van der Waals surface area contributed by atoms with Crippen molar-refractivity contribution in [3.63, 3.8) is 0 Å². The maximum absolute atomic E-state index is 6.09. The van der Waals surface area contributed by atoms with Crippen molar-refractivity contribution in [2.24, 2.45) is 5.73 Å². The molecule has 0 heterocycles. The van der Waals surface area contributed by atoms with Crippen LogP contribution in [0.4, 0.5) is 5.69 Å². The zero-order valence-electron chi connectivity index (χ0n) is 12.6. The van der Waals surface area contributed by atoms with Crippen LogP contribution in [0, 0.1) is 0 Å². The molecule has 112 valence electrons. The number of nitrogens with two attached hydrogens (primary N) is 1. The van der Waals surface area contributed by atoms with E-state index in [2.05, 4.69) is 52.1 Å². The normalized spacial score (nSPS) is 12.0. The molecule has 4 heteroatoms. The molecule has 0 fully saturated rings. The first kappa shape index (κ1) is 15.9. The van der Waals surface area contributed by atoms with Crippen LogP contribution in [-0.2, 0) is 6.54 Å². The number of methoxy groups -OCH3 is 1. The quantitative estimate of drug-likeness (QED) is 0.883. The highest BCUT2D eigenvalue weighted by Gasteiger charge is 2.12. The van der Waals surface area contributed by atoms with Crippen molar-refractivity contribution in [3.8, 4) is 5.75 Å². The average molecular weight is 349 g/mol. The molecule has 0 aliphatic carbocycles. The van der Waals surface area contributed by atoms with E-state index in [0.717, 1.165) is 28.0 Å². The van der Waals surface area contributed by atoms with Gasteiger partial charge in [-0.25, -0.2) is 0 Å². The van der Waals surface area contributed by atoms with Crippen molar-refractivity contribution in [2.45, 2.75) is 19.5 Å². The van der Waals surface area contributed by atoms with Crippen LogP contribution < -0.4 is 15.4 Å². The smallest absolute Gasteiger partial charge is 0.119 e. The van der Waals surface area contributed by atoms with E-state index in [9.17, 15) is 0 Å². The van der Waals surface area contributed by atoms with E-state index in [1.165, 1.54) is 5.56 Å². The maximum atomic E-state index is 6.09. The van der Waals surface area contributed by atoms with Gasteiger partial charge in [0.15, 0.2) is 0 Å². The third kappa shape index (κ3) is 3.99. The van der Waals surface area contributed by atoms with E-state index in [0.29, 0.717) is 0 Å². The SMILES string of the molecule is COc1cccc(CN(C)c2ccc(Br)cc2C(C)N)c1. The molecule has 0 saturated carbocycles. The van der Waals surface area contributed by atoms with Crippen molar-refractivity contribution < 1.29 is 4.74 Å². The number of ether oxygens (including phenoxy) is 1. The summed E-state index contributed by atoms with van der Waals surface area (Å²) in [6.45, 7) is 2.81. The molecule has 0 spiro atoms. The lowest BCUT2D eigenvalue weighted by Crippen LogP contribution is -2.20. The number of nitrogens with zero attached hydrogens (tertiary/aromatic N) is 1. The minimum atomic E-state index is -0.00902. The van der Waals surface area contributed by atoms with Crippen LogP contribution in [0.3, 0.4) is 0 Å². The van der Waals surface area contributed by atoms with Gasteiger partial charge in [-0.3, -0.25) is 0 Å². The summed E-state index contributed by atoms with van der Waals surface area (Å²) in [6.07, 6.45) is 0. The van der Waals surface area contributed by atoms with Crippen molar-refractivity contribution in [1.29, 1.82) is 0 Å².